The summed E-state index contributed by atoms with van der Waals surface area (Å²) in [7, 11) is -1.45. The summed E-state index contributed by atoms with van der Waals surface area (Å²) in [6.07, 6.45) is 0.544. The predicted octanol–water partition coefficient (Wildman–Crippen LogP) is 1.28. The van der Waals surface area contributed by atoms with E-state index in [0.29, 0.717) is 22.5 Å². The molecular weight excluding hydrogens is 356 g/mol. The molecule has 1 saturated heterocycles. The molecule has 1 aliphatic heterocycles. The number of halogens is 1. The summed E-state index contributed by atoms with van der Waals surface area (Å²) in [5, 5.41) is 0.460. The summed E-state index contributed by atoms with van der Waals surface area (Å²) in [6, 6.07) is 4.57. The van der Waals surface area contributed by atoms with Crippen molar-refractivity contribution in [3.05, 3.63) is 33.8 Å². The zero-order valence-corrected chi connectivity index (χ0v) is 14.6. The van der Waals surface area contributed by atoms with Crippen LogP contribution in [0.4, 0.5) is 0 Å². The predicted molar refractivity (Wildman–Crippen MR) is 89.9 cm³/mol. The topological polar surface area (TPSA) is 89.6 Å². The minimum absolute atomic E-state index is 0.00231. The van der Waals surface area contributed by atoms with Gasteiger partial charge in [0.2, 0.25) is 5.91 Å². The molecule has 1 aromatic heterocycles. The Labute approximate surface area is 143 Å². The second kappa shape index (κ2) is 6.25. The number of nitrogens with zero attached hydrogens (tertiary/aromatic N) is 2. The third kappa shape index (κ3) is 3.34. The molecule has 1 aromatic carbocycles. The Morgan fingerprint density at radius 3 is 2.88 bits per heavy atom. The number of fused-ring (bicyclic) bond motifs is 1. The van der Waals surface area contributed by atoms with Crippen molar-refractivity contribution in [3.63, 3.8) is 0 Å². The van der Waals surface area contributed by atoms with Crippen LogP contribution < -0.4 is 5.76 Å². The monoisotopic (exact) mass is 372 g/mol. The quantitative estimate of drug-likeness (QED) is 0.806. The van der Waals surface area contributed by atoms with Crippen LogP contribution in [0.25, 0.3) is 11.1 Å². The van der Waals surface area contributed by atoms with Crippen LogP contribution in [0.3, 0.4) is 0 Å². The molecule has 1 amide bonds. The number of hydrogen-bond acceptors (Lipinski definition) is 5. The zero-order valence-electron chi connectivity index (χ0n) is 13.1. The molecule has 2 heterocycles. The first-order valence-electron chi connectivity index (χ1n) is 7.52. The second-order valence-corrected chi connectivity index (χ2v) is 8.61. The Morgan fingerprint density at radius 2 is 2.21 bits per heavy atom. The van der Waals surface area contributed by atoms with Crippen LogP contribution in [0.15, 0.2) is 27.4 Å². The lowest BCUT2D eigenvalue weighted by atomic mass is 10.2. The van der Waals surface area contributed by atoms with Gasteiger partial charge in [-0.1, -0.05) is 11.6 Å². The van der Waals surface area contributed by atoms with E-state index in [1.54, 1.807) is 25.2 Å². The fourth-order valence-electron chi connectivity index (χ4n) is 2.92. The molecule has 3 rings (SSSR count). The van der Waals surface area contributed by atoms with Gasteiger partial charge in [0.1, 0.15) is 0 Å². The summed E-state index contributed by atoms with van der Waals surface area (Å²) in [4.78, 5) is 25.7. The summed E-state index contributed by atoms with van der Waals surface area (Å²) in [6.45, 7) is 0.163. The molecule has 0 N–H and O–H groups in total. The van der Waals surface area contributed by atoms with E-state index in [9.17, 15) is 18.0 Å². The largest absolute Gasteiger partial charge is 0.419 e. The smallest absolute Gasteiger partial charge is 0.408 e. The van der Waals surface area contributed by atoms with Crippen LogP contribution in [0.5, 0.6) is 0 Å². The van der Waals surface area contributed by atoms with Gasteiger partial charge in [0.05, 0.1) is 17.0 Å². The number of carbonyl (C=O) groups is 1. The number of aromatic nitrogens is 1. The summed E-state index contributed by atoms with van der Waals surface area (Å²) in [5.74, 6) is -0.636. The highest BCUT2D eigenvalue weighted by Gasteiger charge is 2.32. The molecular formula is C15H17ClN2O5S. The van der Waals surface area contributed by atoms with Crippen LogP contribution in [0.1, 0.15) is 12.8 Å². The second-order valence-electron chi connectivity index (χ2n) is 5.94. The van der Waals surface area contributed by atoms with Gasteiger partial charge in [-0.2, -0.15) is 0 Å². The van der Waals surface area contributed by atoms with Crippen molar-refractivity contribution < 1.29 is 17.6 Å². The zero-order chi connectivity index (χ0) is 17.5. The Kier molecular flexibility index (Phi) is 4.44. The standard InChI is InChI=1S/C15H17ClN2O5S/c1-17(11-5-7-24(21,22)9-11)14(19)4-6-18-12-3-2-10(16)8-13(12)23-15(18)20/h2-3,8,11H,4-7,9H2,1H3/t11-/m0/s1. The van der Waals surface area contributed by atoms with Gasteiger partial charge < -0.3 is 9.32 Å². The molecule has 0 aliphatic carbocycles. The van der Waals surface area contributed by atoms with Crippen molar-refractivity contribution in [2.75, 3.05) is 18.6 Å². The number of amides is 1. The van der Waals surface area contributed by atoms with Crippen molar-refractivity contribution in [1.82, 2.24) is 9.47 Å². The fraction of sp³-hybridized carbons (Fsp3) is 0.467. The van der Waals surface area contributed by atoms with E-state index < -0.39 is 15.6 Å². The first-order valence-corrected chi connectivity index (χ1v) is 9.72. The molecule has 2 aromatic rings. The van der Waals surface area contributed by atoms with Crippen molar-refractivity contribution in [1.29, 1.82) is 0 Å². The summed E-state index contributed by atoms with van der Waals surface area (Å²) in [5.41, 5.74) is 0.943. The summed E-state index contributed by atoms with van der Waals surface area (Å²) < 4.78 is 29.5. The third-order valence-corrected chi connectivity index (χ3v) is 6.31. The number of oxazole rings is 1. The van der Waals surface area contributed by atoms with Crippen molar-refractivity contribution in [2.24, 2.45) is 0 Å². The highest BCUT2D eigenvalue weighted by molar-refractivity contribution is 7.91. The Hall–Kier alpha value is -1.80. The number of benzene rings is 1. The van der Waals surface area contributed by atoms with Crippen LogP contribution in [0.2, 0.25) is 5.02 Å². The van der Waals surface area contributed by atoms with Crippen LogP contribution in [-0.2, 0) is 21.2 Å². The van der Waals surface area contributed by atoms with Crippen LogP contribution >= 0.6 is 11.6 Å². The Balaban J connectivity index is 1.71. The molecule has 1 aliphatic rings. The van der Waals surface area contributed by atoms with E-state index in [1.165, 1.54) is 9.47 Å². The molecule has 9 heteroatoms. The average Bonchev–Trinajstić information content (AvgIpc) is 3.02. The highest BCUT2D eigenvalue weighted by atomic mass is 35.5. The number of sulfone groups is 1. The molecule has 130 valence electrons. The number of carbonyl (C=O) groups excluding carboxylic acids is 1. The maximum Gasteiger partial charge on any atom is 0.419 e. The maximum absolute atomic E-state index is 12.3. The third-order valence-electron chi connectivity index (χ3n) is 4.33. The fourth-order valence-corrected chi connectivity index (χ4v) is 4.86. The molecule has 0 spiro atoms. The van der Waals surface area contributed by atoms with E-state index in [-0.39, 0.29) is 36.4 Å². The van der Waals surface area contributed by atoms with Crippen LogP contribution in [-0.4, -0.2) is 48.4 Å². The van der Waals surface area contributed by atoms with Gasteiger partial charge in [0.25, 0.3) is 0 Å². The van der Waals surface area contributed by atoms with Crippen LogP contribution in [0, 0.1) is 0 Å². The lowest BCUT2D eigenvalue weighted by Gasteiger charge is -2.23. The van der Waals surface area contributed by atoms with Gasteiger partial charge in [-0.3, -0.25) is 9.36 Å². The van der Waals surface area contributed by atoms with Gasteiger partial charge in [-0.25, -0.2) is 13.2 Å². The molecule has 0 bridgehead atoms. The minimum Gasteiger partial charge on any atom is -0.408 e. The molecule has 24 heavy (non-hydrogen) atoms. The van der Waals surface area contributed by atoms with E-state index in [2.05, 4.69) is 0 Å². The van der Waals surface area contributed by atoms with Crippen molar-refractivity contribution >= 4 is 38.4 Å². The normalized spacial score (nSPS) is 19.7. The van der Waals surface area contributed by atoms with Crippen molar-refractivity contribution in [2.45, 2.75) is 25.4 Å². The lowest BCUT2D eigenvalue weighted by Crippen LogP contribution is -2.38. The first-order chi connectivity index (χ1) is 11.3. The van der Waals surface area contributed by atoms with E-state index >= 15 is 0 Å². The highest BCUT2D eigenvalue weighted by Crippen LogP contribution is 2.20. The van der Waals surface area contributed by atoms with Gasteiger partial charge in [0.15, 0.2) is 15.4 Å². The van der Waals surface area contributed by atoms with Crippen molar-refractivity contribution in [3.8, 4) is 0 Å². The van der Waals surface area contributed by atoms with E-state index in [1.807, 2.05) is 0 Å². The van der Waals surface area contributed by atoms with Gasteiger partial charge >= 0.3 is 5.76 Å². The Bertz CT molecular complexity index is 946. The Morgan fingerprint density at radius 1 is 1.46 bits per heavy atom. The number of aryl methyl sites for hydroxylation is 1. The first kappa shape index (κ1) is 17.0. The van der Waals surface area contributed by atoms with Gasteiger partial charge in [-0.05, 0) is 18.6 Å². The number of hydrogen-bond donors (Lipinski definition) is 0. The molecule has 1 fully saturated rings. The van der Waals surface area contributed by atoms with E-state index in [0.717, 1.165) is 0 Å². The van der Waals surface area contributed by atoms with E-state index in [4.69, 9.17) is 16.0 Å². The molecule has 1 atom stereocenters. The maximum atomic E-state index is 12.3. The average molecular weight is 373 g/mol. The molecule has 0 saturated carbocycles. The molecule has 0 radical (unpaired) electrons. The number of rotatable bonds is 4. The van der Waals surface area contributed by atoms with Gasteiger partial charge in [-0.15, -0.1) is 0 Å². The summed E-state index contributed by atoms with van der Waals surface area (Å²) >= 11 is 5.86. The van der Waals surface area contributed by atoms with Gasteiger partial charge in [0, 0.05) is 37.1 Å². The lowest BCUT2D eigenvalue weighted by molar-refractivity contribution is -0.131. The molecule has 7 nitrogen and oxygen atoms in total. The molecule has 0 unspecified atom stereocenters. The minimum atomic E-state index is -3.05. The SMILES string of the molecule is CN(C(=O)CCn1c(=O)oc2cc(Cl)ccc21)[C@H]1CCS(=O)(=O)C1.